The number of nitrogens with one attached hydrogen (secondary N) is 1. The summed E-state index contributed by atoms with van der Waals surface area (Å²) in [6.07, 6.45) is -6.60. The van der Waals surface area contributed by atoms with Crippen molar-refractivity contribution in [1.82, 2.24) is 5.32 Å². The Morgan fingerprint density at radius 3 is 1.56 bits per heavy atom. The van der Waals surface area contributed by atoms with E-state index in [0.717, 1.165) is 0 Å². The van der Waals surface area contributed by atoms with Crippen LogP contribution in [0.4, 0.5) is 30.7 Å². The Balaban J connectivity index is 0. The summed E-state index contributed by atoms with van der Waals surface area (Å²) in [5.41, 5.74) is 0. The van der Waals surface area contributed by atoms with Gasteiger partial charge in [0.1, 0.15) is 0 Å². The Morgan fingerprint density at radius 1 is 1.11 bits per heavy atom. The lowest BCUT2D eigenvalue weighted by Gasteiger charge is -2.24. The van der Waals surface area contributed by atoms with Gasteiger partial charge in [-0.25, -0.2) is 4.79 Å². The predicted octanol–water partition coefficient (Wildman–Crippen LogP) is 1.10. The molecule has 0 spiro atoms. The number of aliphatic hydroxyl groups is 1. The van der Waals surface area contributed by atoms with E-state index in [4.69, 9.17) is 10.2 Å². The van der Waals surface area contributed by atoms with Crippen molar-refractivity contribution in [2.24, 2.45) is 0 Å². The first-order valence-electron chi connectivity index (χ1n) is 4.17. The number of hydrogen-bond acceptors (Lipinski definition) is 3. The molecule has 0 amide bonds. The van der Waals surface area contributed by atoms with Crippen molar-refractivity contribution >= 4 is 5.97 Å². The molecule has 18 heavy (non-hydrogen) atoms. The number of aliphatic hydroxyl groups excluding tert-OH is 1. The fourth-order valence-electron chi connectivity index (χ4n) is 0.424. The molecule has 0 radical (unpaired) electrons. The molecule has 0 aromatic carbocycles. The lowest BCUT2D eigenvalue weighted by molar-refractivity contribution is -0.347. The second-order valence-corrected chi connectivity index (χ2v) is 2.78. The third-order valence-electron chi connectivity index (χ3n) is 1.38. The van der Waals surface area contributed by atoms with E-state index in [1.54, 1.807) is 7.05 Å². The summed E-state index contributed by atoms with van der Waals surface area (Å²) in [5.74, 6) is -16.3. The SMILES string of the molecule is CNCCO.O=C(O)C(F)(F)C(F)(F)C(F)(F)F. The van der Waals surface area contributed by atoms with Gasteiger partial charge in [0, 0.05) is 6.54 Å². The van der Waals surface area contributed by atoms with E-state index in [1.165, 1.54) is 0 Å². The molecule has 0 saturated carbocycles. The molecular weight excluding hydrogens is 279 g/mol. The summed E-state index contributed by atoms with van der Waals surface area (Å²) in [7, 11) is 1.80. The first-order valence-corrected chi connectivity index (χ1v) is 4.17. The number of carboxylic acids is 1. The zero-order valence-electron chi connectivity index (χ0n) is 8.86. The van der Waals surface area contributed by atoms with Gasteiger partial charge < -0.3 is 15.5 Å². The minimum atomic E-state index is -6.60. The van der Waals surface area contributed by atoms with Gasteiger partial charge in [0.15, 0.2) is 0 Å². The second-order valence-electron chi connectivity index (χ2n) is 2.78. The van der Waals surface area contributed by atoms with Crippen molar-refractivity contribution in [1.29, 1.82) is 0 Å². The van der Waals surface area contributed by atoms with E-state index in [1.807, 2.05) is 0 Å². The molecular formula is C7H10F7NO3. The monoisotopic (exact) mass is 289 g/mol. The van der Waals surface area contributed by atoms with Crippen LogP contribution in [-0.4, -0.2) is 54.4 Å². The second kappa shape index (κ2) is 6.73. The Labute approximate surface area is 96.4 Å². The van der Waals surface area contributed by atoms with Gasteiger partial charge in [-0.2, -0.15) is 30.7 Å². The minimum absolute atomic E-state index is 0.233. The Hall–Kier alpha value is -1.10. The van der Waals surface area contributed by atoms with Crippen molar-refractivity contribution in [2.45, 2.75) is 18.0 Å². The van der Waals surface area contributed by atoms with Crippen LogP contribution in [-0.2, 0) is 4.79 Å². The van der Waals surface area contributed by atoms with Crippen LogP contribution in [0.1, 0.15) is 0 Å². The highest BCUT2D eigenvalue weighted by atomic mass is 19.4. The van der Waals surface area contributed by atoms with E-state index in [0.29, 0.717) is 6.54 Å². The normalized spacial score (nSPS) is 12.7. The van der Waals surface area contributed by atoms with Crippen molar-refractivity contribution in [3.8, 4) is 0 Å². The Bertz CT molecular complexity index is 264. The number of halogens is 7. The van der Waals surface area contributed by atoms with Gasteiger partial charge in [0.25, 0.3) is 0 Å². The van der Waals surface area contributed by atoms with Gasteiger partial charge in [-0.05, 0) is 7.05 Å². The molecule has 0 unspecified atom stereocenters. The molecule has 0 heterocycles. The number of likely N-dealkylation sites (N-methyl/N-ethyl adjacent to an activating group) is 1. The van der Waals surface area contributed by atoms with Crippen LogP contribution >= 0.6 is 0 Å². The van der Waals surface area contributed by atoms with Crippen LogP contribution < -0.4 is 5.32 Å². The topological polar surface area (TPSA) is 69.6 Å². The lowest BCUT2D eigenvalue weighted by Crippen LogP contribution is -2.56. The number of carbonyl (C=O) groups is 1. The van der Waals surface area contributed by atoms with E-state index >= 15 is 0 Å². The van der Waals surface area contributed by atoms with E-state index in [-0.39, 0.29) is 6.61 Å². The van der Waals surface area contributed by atoms with Gasteiger partial charge in [0.2, 0.25) is 0 Å². The summed E-state index contributed by atoms with van der Waals surface area (Å²) in [5, 5.41) is 18.2. The predicted molar refractivity (Wildman–Crippen MR) is 44.6 cm³/mol. The van der Waals surface area contributed by atoms with Crippen LogP contribution in [0.3, 0.4) is 0 Å². The van der Waals surface area contributed by atoms with Gasteiger partial charge in [-0.15, -0.1) is 0 Å². The first-order chi connectivity index (χ1) is 7.86. The van der Waals surface area contributed by atoms with Gasteiger partial charge in [-0.3, -0.25) is 0 Å². The molecule has 0 aromatic rings. The minimum Gasteiger partial charge on any atom is -0.477 e. The molecule has 0 saturated heterocycles. The summed E-state index contributed by atoms with van der Waals surface area (Å²) in [6.45, 7) is 0.927. The molecule has 0 fully saturated rings. The number of hydrogen-bond donors (Lipinski definition) is 3. The number of aliphatic carboxylic acids is 1. The lowest BCUT2D eigenvalue weighted by atomic mass is 10.1. The molecule has 110 valence electrons. The zero-order chi connectivity index (χ0) is 15.2. The molecule has 11 heteroatoms. The third kappa shape index (κ3) is 4.64. The highest BCUT2D eigenvalue weighted by molar-refractivity contribution is 5.76. The molecule has 0 aliphatic heterocycles. The van der Waals surface area contributed by atoms with Gasteiger partial charge >= 0.3 is 24.0 Å². The molecule has 0 aromatic heterocycles. The Kier molecular flexibility index (Phi) is 7.20. The first kappa shape index (κ1) is 19.2. The van der Waals surface area contributed by atoms with Crippen LogP contribution in [0.25, 0.3) is 0 Å². The Morgan fingerprint density at radius 2 is 1.50 bits per heavy atom. The standard InChI is InChI=1S/C4HF7O2.C3H9NO/c5-2(6,1(12)13)3(7,8)4(9,10)11;1-4-2-3-5/h(H,12,13);4-5H,2-3H2,1H3. The molecule has 0 aliphatic carbocycles. The fraction of sp³-hybridized carbons (Fsp3) is 0.857. The third-order valence-corrected chi connectivity index (χ3v) is 1.38. The van der Waals surface area contributed by atoms with Crippen LogP contribution in [0.5, 0.6) is 0 Å². The number of carboxylic acid groups (broad SMARTS) is 1. The maximum Gasteiger partial charge on any atom is 0.460 e. The molecule has 3 N–H and O–H groups in total. The largest absolute Gasteiger partial charge is 0.477 e. The van der Waals surface area contributed by atoms with E-state index in [2.05, 4.69) is 5.32 Å². The number of rotatable bonds is 4. The van der Waals surface area contributed by atoms with Crippen LogP contribution in [0.2, 0.25) is 0 Å². The number of alkyl halides is 7. The van der Waals surface area contributed by atoms with Crippen molar-refractivity contribution < 1.29 is 45.7 Å². The smallest absolute Gasteiger partial charge is 0.460 e. The van der Waals surface area contributed by atoms with Crippen molar-refractivity contribution in [2.75, 3.05) is 20.2 Å². The highest BCUT2D eigenvalue weighted by Crippen LogP contribution is 2.46. The summed E-state index contributed by atoms with van der Waals surface area (Å²) in [6, 6.07) is 0. The zero-order valence-corrected chi connectivity index (χ0v) is 8.86. The maximum absolute atomic E-state index is 11.8. The van der Waals surface area contributed by atoms with Crippen LogP contribution in [0, 0.1) is 0 Å². The van der Waals surface area contributed by atoms with Gasteiger partial charge in [-0.1, -0.05) is 0 Å². The van der Waals surface area contributed by atoms with Gasteiger partial charge in [0.05, 0.1) is 6.61 Å². The average molecular weight is 289 g/mol. The summed E-state index contributed by atoms with van der Waals surface area (Å²) >= 11 is 0. The molecule has 0 bridgehead atoms. The summed E-state index contributed by atoms with van der Waals surface area (Å²) < 4.78 is 80.5. The average Bonchev–Trinajstić information content (AvgIpc) is 2.17. The van der Waals surface area contributed by atoms with Crippen LogP contribution in [0.15, 0.2) is 0 Å². The van der Waals surface area contributed by atoms with Crippen molar-refractivity contribution in [3.63, 3.8) is 0 Å². The van der Waals surface area contributed by atoms with E-state index in [9.17, 15) is 35.5 Å². The fourth-order valence-corrected chi connectivity index (χ4v) is 0.424. The molecule has 0 aliphatic rings. The quantitative estimate of drug-likeness (QED) is 0.678. The molecule has 0 rings (SSSR count). The maximum atomic E-state index is 11.8. The molecule has 0 atom stereocenters. The summed E-state index contributed by atoms with van der Waals surface area (Å²) in [4.78, 5) is 9.38. The van der Waals surface area contributed by atoms with Crippen molar-refractivity contribution in [3.05, 3.63) is 0 Å². The highest BCUT2D eigenvalue weighted by Gasteiger charge is 2.76. The van der Waals surface area contributed by atoms with E-state index < -0.39 is 24.0 Å². The molecule has 4 nitrogen and oxygen atoms in total.